The number of benzene rings is 1. The van der Waals surface area contributed by atoms with Gasteiger partial charge in [0.2, 0.25) is 0 Å². The van der Waals surface area contributed by atoms with E-state index in [0.717, 1.165) is 33.0 Å². The molecule has 0 aliphatic heterocycles. The normalized spacial score (nSPS) is 11.8. The summed E-state index contributed by atoms with van der Waals surface area (Å²) in [4.78, 5) is 13.8. The minimum Gasteiger partial charge on any atom is -0.464 e. The highest BCUT2D eigenvalue weighted by Gasteiger charge is 2.15. The van der Waals surface area contributed by atoms with E-state index in [1.165, 1.54) is 0 Å². The molecule has 0 saturated carbocycles. The number of hydrogen-bond acceptors (Lipinski definition) is 4. The Bertz CT molecular complexity index is 855. The summed E-state index contributed by atoms with van der Waals surface area (Å²) in [6.07, 6.45) is 1.74. The molecule has 0 spiro atoms. The lowest BCUT2D eigenvalue weighted by Gasteiger charge is -2.13. The van der Waals surface area contributed by atoms with Crippen LogP contribution in [-0.4, -0.2) is 19.0 Å². The van der Waals surface area contributed by atoms with Crippen LogP contribution in [0.2, 0.25) is 0 Å². The molecule has 0 aliphatic carbocycles. The maximum absolute atomic E-state index is 11.7. The van der Waals surface area contributed by atoms with Crippen molar-refractivity contribution in [2.45, 2.75) is 20.4 Å². The smallest absolute Gasteiger partial charge is 0.336 e. The Hall–Kier alpha value is -2.07. The third kappa shape index (κ3) is 1.93. The van der Waals surface area contributed by atoms with Crippen LogP contribution in [0.5, 0.6) is 0 Å². The van der Waals surface area contributed by atoms with Gasteiger partial charge in [-0.1, -0.05) is 0 Å². The van der Waals surface area contributed by atoms with Gasteiger partial charge < -0.3 is 13.7 Å². The zero-order chi connectivity index (χ0) is 14.4. The molecule has 2 heterocycles. The van der Waals surface area contributed by atoms with E-state index in [9.17, 15) is 4.79 Å². The maximum Gasteiger partial charge on any atom is 0.336 e. The van der Waals surface area contributed by atoms with Gasteiger partial charge >= 0.3 is 5.63 Å². The lowest BCUT2D eigenvalue weighted by Crippen LogP contribution is -2.13. The summed E-state index contributed by atoms with van der Waals surface area (Å²) >= 11 is 0. The van der Waals surface area contributed by atoms with E-state index in [1.807, 2.05) is 38.9 Å². The number of nitrogens with zero attached hydrogens (tertiary/aromatic N) is 1. The Kier molecular flexibility index (Phi) is 2.91. The molecule has 0 radical (unpaired) electrons. The zero-order valence-electron chi connectivity index (χ0n) is 12.1. The van der Waals surface area contributed by atoms with Crippen LogP contribution in [0.4, 0.5) is 0 Å². The fraction of sp³-hybridized carbons (Fsp3) is 0.312. The first-order valence-electron chi connectivity index (χ1n) is 6.56. The standard InChI is InChI=1S/C16H17NO3/c1-9-8-19-12-6-13-16(10(2)15(9)12)11(7-17(3)4)5-14(18)20-13/h5-6,8H,7H2,1-4H3. The summed E-state index contributed by atoms with van der Waals surface area (Å²) in [5.74, 6) is 0. The summed E-state index contributed by atoms with van der Waals surface area (Å²) < 4.78 is 10.9. The monoisotopic (exact) mass is 271 g/mol. The minimum atomic E-state index is -0.323. The Morgan fingerprint density at radius 2 is 1.85 bits per heavy atom. The van der Waals surface area contributed by atoms with Crippen molar-refractivity contribution in [1.82, 2.24) is 4.90 Å². The van der Waals surface area contributed by atoms with Crippen LogP contribution in [0.15, 0.2) is 32.0 Å². The van der Waals surface area contributed by atoms with E-state index >= 15 is 0 Å². The van der Waals surface area contributed by atoms with Crippen molar-refractivity contribution in [2.75, 3.05) is 14.1 Å². The molecule has 1 aromatic carbocycles. The van der Waals surface area contributed by atoms with Gasteiger partial charge in [-0.05, 0) is 44.6 Å². The summed E-state index contributed by atoms with van der Waals surface area (Å²) in [5, 5.41) is 2.11. The minimum absolute atomic E-state index is 0.323. The largest absolute Gasteiger partial charge is 0.464 e. The van der Waals surface area contributed by atoms with Gasteiger partial charge in [-0.25, -0.2) is 4.79 Å². The topological polar surface area (TPSA) is 46.6 Å². The fourth-order valence-corrected chi connectivity index (χ4v) is 2.85. The van der Waals surface area contributed by atoms with Crippen LogP contribution >= 0.6 is 0 Å². The van der Waals surface area contributed by atoms with Crippen molar-refractivity contribution in [3.8, 4) is 0 Å². The van der Waals surface area contributed by atoms with Gasteiger partial charge in [0.05, 0.1) is 6.26 Å². The number of aryl methyl sites for hydroxylation is 2. The molecule has 4 heteroatoms. The van der Waals surface area contributed by atoms with E-state index in [2.05, 4.69) is 0 Å². The van der Waals surface area contributed by atoms with Gasteiger partial charge in [0.15, 0.2) is 0 Å². The van der Waals surface area contributed by atoms with Crippen LogP contribution in [0.1, 0.15) is 16.7 Å². The number of hydrogen-bond donors (Lipinski definition) is 0. The molecule has 0 fully saturated rings. The van der Waals surface area contributed by atoms with Crippen LogP contribution < -0.4 is 5.63 Å². The number of rotatable bonds is 2. The second-order valence-corrected chi connectivity index (χ2v) is 5.50. The SMILES string of the molecule is Cc1coc2cc3oc(=O)cc(CN(C)C)c3c(C)c12. The first-order chi connectivity index (χ1) is 9.47. The van der Waals surface area contributed by atoms with E-state index in [0.29, 0.717) is 12.1 Å². The third-order valence-electron chi connectivity index (χ3n) is 3.57. The van der Waals surface area contributed by atoms with Crippen molar-refractivity contribution in [3.05, 3.63) is 45.5 Å². The lowest BCUT2D eigenvalue weighted by molar-refractivity contribution is 0.402. The predicted octanol–water partition coefficient (Wildman–Crippen LogP) is 3.22. The molecule has 3 aromatic rings. The molecule has 20 heavy (non-hydrogen) atoms. The van der Waals surface area contributed by atoms with Gasteiger partial charge in [-0.3, -0.25) is 0 Å². The average Bonchev–Trinajstić information content (AvgIpc) is 2.69. The van der Waals surface area contributed by atoms with Gasteiger partial charge in [-0.15, -0.1) is 0 Å². The van der Waals surface area contributed by atoms with Gasteiger partial charge in [0, 0.05) is 29.4 Å². The molecule has 4 nitrogen and oxygen atoms in total. The summed E-state index contributed by atoms with van der Waals surface area (Å²) in [5.41, 5.74) is 4.22. The van der Waals surface area contributed by atoms with E-state index in [4.69, 9.17) is 8.83 Å². The van der Waals surface area contributed by atoms with Gasteiger partial charge in [0.1, 0.15) is 11.2 Å². The van der Waals surface area contributed by atoms with Crippen molar-refractivity contribution in [1.29, 1.82) is 0 Å². The van der Waals surface area contributed by atoms with Gasteiger partial charge in [0.25, 0.3) is 0 Å². The Morgan fingerprint density at radius 3 is 2.55 bits per heavy atom. The summed E-state index contributed by atoms with van der Waals surface area (Å²) in [6, 6.07) is 3.39. The van der Waals surface area contributed by atoms with Crippen LogP contribution in [0.3, 0.4) is 0 Å². The number of furan rings is 1. The lowest BCUT2D eigenvalue weighted by atomic mass is 9.99. The molecule has 0 N–H and O–H groups in total. The second kappa shape index (κ2) is 4.49. The van der Waals surface area contributed by atoms with Crippen LogP contribution in [0, 0.1) is 13.8 Å². The highest BCUT2D eigenvalue weighted by atomic mass is 16.4. The van der Waals surface area contributed by atoms with Crippen LogP contribution in [0.25, 0.3) is 21.9 Å². The number of fused-ring (bicyclic) bond motifs is 2. The molecular formula is C16H17NO3. The maximum atomic E-state index is 11.7. The van der Waals surface area contributed by atoms with E-state index < -0.39 is 0 Å². The van der Waals surface area contributed by atoms with Crippen LogP contribution in [-0.2, 0) is 6.54 Å². The summed E-state index contributed by atoms with van der Waals surface area (Å²) in [7, 11) is 3.97. The molecule has 2 aromatic heterocycles. The van der Waals surface area contributed by atoms with Crippen molar-refractivity contribution in [2.24, 2.45) is 0 Å². The van der Waals surface area contributed by atoms with Crippen molar-refractivity contribution in [3.63, 3.8) is 0 Å². The summed E-state index contributed by atoms with van der Waals surface area (Å²) in [6.45, 7) is 4.77. The second-order valence-electron chi connectivity index (χ2n) is 5.50. The molecule has 104 valence electrons. The molecular weight excluding hydrogens is 254 g/mol. The fourth-order valence-electron chi connectivity index (χ4n) is 2.85. The van der Waals surface area contributed by atoms with E-state index in [-0.39, 0.29) is 5.63 Å². The highest BCUT2D eigenvalue weighted by Crippen LogP contribution is 2.32. The Labute approximate surface area is 116 Å². The Balaban J connectivity index is 2.47. The molecule has 0 unspecified atom stereocenters. The molecule has 0 bridgehead atoms. The average molecular weight is 271 g/mol. The first-order valence-corrected chi connectivity index (χ1v) is 6.56. The molecule has 0 amide bonds. The molecule has 0 aliphatic rings. The predicted molar refractivity (Wildman–Crippen MR) is 79.1 cm³/mol. The van der Waals surface area contributed by atoms with Crippen molar-refractivity contribution >= 4 is 21.9 Å². The first kappa shape index (κ1) is 12.9. The Morgan fingerprint density at radius 1 is 1.10 bits per heavy atom. The quantitative estimate of drug-likeness (QED) is 0.671. The van der Waals surface area contributed by atoms with E-state index in [1.54, 1.807) is 12.3 Å². The zero-order valence-corrected chi connectivity index (χ0v) is 12.1. The third-order valence-corrected chi connectivity index (χ3v) is 3.57. The molecule has 0 atom stereocenters. The highest BCUT2D eigenvalue weighted by molar-refractivity contribution is 6.00. The van der Waals surface area contributed by atoms with Crippen molar-refractivity contribution < 1.29 is 8.83 Å². The van der Waals surface area contributed by atoms with Gasteiger partial charge in [-0.2, -0.15) is 0 Å². The molecule has 3 rings (SSSR count). The molecule has 0 saturated heterocycles.